The molecule has 0 radical (unpaired) electrons. The molecule has 0 atom stereocenters. The molecule has 4 rings (SSSR count). The van der Waals surface area contributed by atoms with Crippen molar-refractivity contribution in [1.82, 2.24) is 10.3 Å². The van der Waals surface area contributed by atoms with Crippen molar-refractivity contribution in [1.29, 1.82) is 0 Å². The van der Waals surface area contributed by atoms with Gasteiger partial charge in [0.15, 0.2) is 0 Å². The molecule has 1 aromatic heterocycles. The summed E-state index contributed by atoms with van der Waals surface area (Å²) in [6.45, 7) is 1.08. The molecule has 0 aliphatic heterocycles. The van der Waals surface area contributed by atoms with E-state index in [1.165, 1.54) is 24.2 Å². The minimum atomic E-state index is -0.112. The van der Waals surface area contributed by atoms with Crippen LogP contribution in [-0.2, 0) is 6.61 Å². The Hall–Kier alpha value is -2.08. The number of carbonyl (C=O) groups is 1. The predicted octanol–water partition coefficient (Wildman–Crippen LogP) is 5.84. The molecule has 144 valence electrons. The second kappa shape index (κ2) is 8.52. The minimum Gasteiger partial charge on any atom is -0.489 e. The van der Waals surface area contributed by atoms with Crippen molar-refractivity contribution in [2.45, 2.75) is 19.4 Å². The highest BCUT2D eigenvalue weighted by molar-refractivity contribution is 7.13. The van der Waals surface area contributed by atoms with Crippen LogP contribution in [0.4, 0.5) is 0 Å². The zero-order valence-electron chi connectivity index (χ0n) is 15.0. The van der Waals surface area contributed by atoms with E-state index in [-0.39, 0.29) is 5.91 Å². The van der Waals surface area contributed by atoms with Crippen LogP contribution in [0.2, 0.25) is 10.0 Å². The van der Waals surface area contributed by atoms with Crippen LogP contribution in [0, 0.1) is 5.92 Å². The lowest BCUT2D eigenvalue weighted by Crippen LogP contribution is -2.25. The second-order valence-electron chi connectivity index (χ2n) is 6.74. The maximum absolute atomic E-state index is 12.2. The Labute approximate surface area is 177 Å². The van der Waals surface area contributed by atoms with E-state index in [9.17, 15) is 4.79 Å². The highest BCUT2D eigenvalue weighted by Gasteiger charge is 2.22. The summed E-state index contributed by atoms with van der Waals surface area (Å²) in [5.41, 5.74) is 2.23. The molecule has 1 aliphatic carbocycles. The van der Waals surface area contributed by atoms with E-state index in [1.54, 1.807) is 17.5 Å². The first-order valence-electron chi connectivity index (χ1n) is 8.99. The average molecular weight is 433 g/mol. The molecule has 3 aromatic rings. The molecule has 4 nitrogen and oxygen atoms in total. The van der Waals surface area contributed by atoms with Crippen LogP contribution in [0.5, 0.6) is 5.75 Å². The van der Waals surface area contributed by atoms with Gasteiger partial charge in [-0.25, -0.2) is 4.98 Å². The number of aromatic nitrogens is 1. The SMILES string of the molecule is O=C(NCC1CC1)c1csc(-c2cccc(OCc3ccc(Cl)cc3Cl)c2)n1. The van der Waals surface area contributed by atoms with Gasteiger partial charge in [-0.3, -0.25) is 4.79 Å². The highest BCUT2D eigenvalue weighted by Crippen LogP contribution is 2.29. The number of nitrogens with zero attached hydrogens (tertiary/aromatic N) is 1. The van der Waals surface area contributed by atoms with Gasteiger partial charge in [0.25, 0.3) is 5.91 Å². The van der Waals surface area contributed by atoms with Crippen LogP contribution in [0.1, 0.15) is 28.9 Å². The number of benzene rings is 2. The van der Waals surface area contributed by atoms with Crippen LogP contribution in [-0.4, -0.2) is 17.4 Å². The molecule has 0 spiro atoms. The maximum atomic E-state index is 12.2. The van der Waals surface area contributed by atoms with Gasteiger partial charge < -0.3 is 10.1 Å². The molecule has 1 N–H and O–H groups in total. The summed E-state index contributed by atoms with van der Waals surface area (Å²) < 4.78 is 5.87. The van der Waals surface area contributed by atoms with Gasteiger partial charge >= 0.3 is 0 Å². The van der Waals surface area contributed by atoms with Crippen LogP contribution in [0.3, 0.4) is 0 Å². The van der Waals surface area contributed by atoms with E-state index in [4.69, 9.17) is 27.9 Å². The first kappa shape index (κ1) is 19.2. The van der Waals surface area contributed by atoms with Gasteiger partial charge in [-0.2, -0.15) is 0 Å². The normalized spacial score (nSPS) is 13.4. The summed E-state index contributed by atoms with van der Waals surface area (Å²) >= 11 is 13.6. The number of hydrogen-bond acceptors (Lipinski definition) is 4. The Morgan fingerprint density at radius 1 is 1.21 bits per heavy atom. The number of nitrogens with one attached hydrogen (secondary N) is 1. The summed E-state index contributed by atoms with van der Waals surface area (Å²) in [7, 11) is 0. The first-order valence-corrected chi connectivity index (χ1v) is 10.6. The molecule has 1 heterocycles. The van der Waals surface area contributed by atoms with Gasteiger partial charge in [0.1, 0.15) is 23.1 Å². The lowest BCUT2D eigenvalue weighted by molar-refractivity contribution is 0.0947. The third kappa shape index (κ3) is 4.85. The molecule has 1 fully saturated rings. The molecule has 0 saturated heterocycles. The van der Waals surface area contributed by atoms with Gasteiger partial charge in [-0.15, -0.1) is 11.3 Å². The molecule has 0 unspecified atom stereocenters. The first-order chi connectivity index (χ1) is 13.6. The van der Waals surface area contributed by atoms with Crippen LogP contribution >= 0.6 is 34.5 Å². The molecular weight excluding hydrogens is 415 g/mol. The second-order valence-corrected chi connectivity index (χ2v) is 8.45. The fourth-order valence-electron chi connectivity index (χ4n) is 2.68. The van der Waals surface area contributed by atoms with E-state index in [0.29, 0.717) is 34.0 Å². The Morgan fingerprint density at radius 2 is 2.07 bits per heavy atom. The fourth-order valence-corrected chi connectivity index (χ4v) is 3.94. The number of hydrogen-bond donors (Lipinski definition) is 1. The van der Waals surface area contributed by atoms with Crippen LogP contribution in [0.15, 0.2) is 47.8 Å². The third-order valence-corrected chi connectivity index (χ3v) is 5.95. The molecule has 28 heavy (non-hydrogen) atoms. The van der Waals surface area contributed by atoms with Crippen LogP contribution in [0.25, 0.3) is 10.6 Å². The smallest absolute Gasteiger partial charge is 0.270 e. The summed E-state index contributed by atoms with van der Waals surface area (Å²) in [4.78, 5) is 16.7. The topological polar surface area (TPSA) is 51.2 Å². The van der Waals surface area contributed by atoms with Crippen molar-refractivity contribution in [3.8, 4) is 16.3 Å². The molecule has 2 aromatic carbocycles. The average Bonchev–Trinajstić information content (AvgIpc) is 3.39. The Balaban J connectivity index is 1.42. The number of ether oxygens (including phenoxy) is 1. The number of amides is 1. The van der Waals surface area contributed by atoms with Gasteiger partial charge in [0, 0.05) is 33.1 Å². The van der Waals surface area contributed by atoms with Gasteiger partial charge in [0.05, 0.1) is 0 Å². The lowest BCUT2D eigenvalue weighted by atomic mass is 10.2. The Morgan fingerprint density at radius 3 is 2.86 bits per heavy atom. The molecule has 1 aliphatic rings. The monoisotopic (exact) mass is 432 g/mol. The third-order valence-electron chi connectivity index (χ3n) is 4.48. The Bertz CT molecular complexity index is 1000. The summed E-state index contributed by atoms with van der Waals surface area (Å²) in [6.07, 6.45) is 2.41. The number of halogens is 2. The van der Waals surface area contributed by atoms with E-state index in [1.807, 2.05) is 30.3 Å². The van der Waals surface area contributed by atoms with Gasteiger partial charge in [-0.1, -0.05) is 41.4 Å². The van der Waals surface area contributed by atoms with Crippen molar-refractivity contribution in [3.63, 3.8) is 0 Å². The largest absolute Gasteiger partial charge is 0.489 e. The van der Waals surface area contributed by atoms with E-state index in [0.717, 1.165) is 22.7 Å². The number of rotatable bonds is 7. The maximum Gasteiger partial charge on any atom is 0.270 e. The number of thiazole rings is 1. The highest BCUT2D eigenvalue weighted by atomic mass is 35.5. The van der Waals surface area contributed by atoms with E-state index < -0.39 is 0 Å². The summed E-state index contributed by atoms with van der Waals surface area (Å²) in [6, 6.07) is 13.0. The quantitative estimate of drug-likeness (QED) is 0.510. The molecule has 1 saturated carbocycles. The minimum absolute atomic E-state index is 0.112. The van der Waals surface area contributed by atoms with Gasteiger partial charge in [0.2, 0.25) is 0 Å². The van der Waals surface area contributed by atoms with Gasteiger partial charge in [-0.05, 0) is 43.0 Å². The van der Waals surface area contributed by atoms with E-state index >= 15 is 0 Å². The zero-order chi connectivity index (χ0) is 19.5. The van der Waals surface area contributed by atoms with Crippen LogP contribution < -0.4 is 10.1 Å². The Kier molecular flexibility index (Phi) is 5.85. The van der Waals surface area contributed by atoms with E-state index in [2.05, 4.69) is 10.3 Å². The van der Waals surface area contributed by atoms with Crippen molar-refractivity contribution in [3.05, 3.63) is 69.1 Å². The fraction of sp³-hybridized carbons (Fsp3) is 0.238. The molecule has 0 bridgehead atoms. The predicted molar refractivity (Wildman–Crippen MR) is 113 cm³/mol. The van der Waals surface area contributed by atoms with Crippen molar-refractivity contribution < 1.29 is 9.53 Å². The molecule has 7 heteroatoms. The standard InChI is InChI=1S/C21H18Cl2N2O2S/c22-16-7-6-15(18(23)9-16)11-27-17-3-1-2-14(8-17)21-25-19(12-28-21)20(26)24-10-13-4-5-13/h1-3,6-9,12-13H,4-5,10-11H2,(H,24,26). The summed E-state index contributed by atoms with van der Waals surface area (Å²) in [5, 5.41) is 6.69. The zero-order valence-corrected chi connectivity index (χ0v) is 17.3. The lowest BCUT2D eigenvalue weighted by Gasteiger charge is -2.09. The van der Waals surface area contributed by atoms with Crippen molar-refractivity contribution in [2.24, 2.45) is 5.92 Å². The van der Waals surface area contributed by atoms with Crippen molar-refractivity contribution >= 4 is 40.4 Å². The molecule has 1 amide bonds. The van der Waals surface area contributed by atoms with Crippen molar-refractivity contribution in [2.75, 3.05) is 6.54 Å². The molecular formula is C21H18Cl2N2O2S. The number of carbonyl (C=O) groups excluding carboxylic acids is 1. The summed E-state index contributed by atoms with van der Waals surface area (Å²) in [5.74, 6) is 1.24.